The van der Waals surface area contributed by atoms with Gasteiger partial charge in [-0.05, 0) is 90.3 Å². The Hall–Kier alpha value is -5.71. The SMILES string of the molecule is O=C(NCCc1ccc(F)cc1)c1ccc2nc(-c3c(Cl)cccc3Cl)oc2c1.O=C(NCc1ccccc1)c1ccc2nc(-c3c(Cl)cccc3Cl)oc2c1. The van der Waals surface area contributed by atoms with Crippen LogP contribution in [-0.4, -0.2) is 28.3 Å². The molecule has 2 aromatic heterocycles. The van der Waals surface area contributed by atoms with Gasteiger partial charge in [-0.15, -0.1) is 0 Å². The van der Waals surface area contributed by atoms with E-state index in [4.69, 9.17) is 55.2 Å². The summed E-state index contributed by atoms with van der Waals surface area (Å²) < 4.78 is 24.5. The van der Waals surface area contributed by atoms with Gasteiger partial charge in [-0.3, -0.25) is 9.59 Å². The molecule has 0 aliphatic rings. The van der Waals surface area contributed by atoms with E-state index in [9.17, 15) is 14.0 Å². The van der Waals surface area contributed by atoms with Crippen LogP contribution in [0.15, 0.2) is 136 Å². The number of halogens is 5. The zero-order valence-corrected chi connectivity index (χ0v) is 32.2. The summed E-state index contributed by atoms with van der Waals surface area (Å²) in [4.78, 5) is 33.7. The van der Waals surface area contributed by atoms with Gasteiger partial charge in [0.15, 0.2) is 11.2 Å². The van der Waals surface area contributed by atoms with Crippen molar-refractivity contribution in [2.75, 3.05) is 6.54 Å². The Balaban J connectivity index is 0.000000172. The number of hydrogen-bond acceptors (Lipinski definition) is 6. The van der Waals surface area contributed by atoms with E-state index in [0.29, 0.717) is 95.8 Å². The highest BCUT2D eigenvalue weighted by Gasteiger charge is 2.18. The van der Waals surface area contributed by atoms with Crippen LogP contribution in [0.5, 0.6) is 0 Å². The van der Waals surface area contributed by atoms with Crippen LogP contribution < -0.4 is 10.6 Å². The van der Waals surface area contributed by atoms with Crippen molar-refractivity contribution in [1.82, 2.24) is 20.6 Å². The lowest BCUT2D eigenvalue weighted by atomic mass is 10.1. The minimum atomic E-state index is -0.282. The van der Waals surface area contributed by atoms with Crippen molar-refractivity contribution < 1.29 is 22.8 Å². The maximum atomic E-state index is 12.9. The van der Waals surface area contributed by atoms with E-state index in [1.54, 1.807) is 84.9 Å². The number of hydrogen-bond donors (Lipinski definition) is 2. The van der Waals surface area contributed by atoms with E-state index < -0.39 is 0 Å². The van der Waals surface area contributed by atoms with Crippen LogP contribution in [0.4, 0.5) is 4.39 Å². The highest BCUT2D eigenvalue weighted by molar-refractivity contribution is 6.39. The Morgan fingerprint density at radius 2 is 1.04 bits per heavy atom. The van der Waals surface area contributed by atoms with E-state index in [2.05, 4.69) is 20.6 Å². The Kier molecular flexibility index (Phi) is 12.0. The lowest BCUT2D eigenvalue weighted by molar-refractivity contribution is 0.0944. The lowest BCUT2D eigenvalue weighted by Crippen LogP contribution is -2.25. The summed E-state index contributed by atoms with van der Waals surface area (Å²) in [6, 6.07) is 36.4. The van der Waals surface area contributed by atoms with Crippen LogP contribution in [0.3, 0.4) is 0 Å². The number of benzene rings is 6. The van der Waals surface area contributed by atoms with Crippen LogP contribution in [0, 0.1) is 5.82 Å². The number of oxazole rings is 2. The molecule has 280 valence electrons. The molecule has 0 saturated heterocycles. The Morgan fingerprint density at radius 1 is 0.554 bits per heavy atom. The van der Waals surface area contributed by atoms with Gasteiger partial charge in [-0.1, -0.05) is 101 Å². The third-order valence-electron chi connectivity index (χ3n) is 8.56. The van der Waals surface area contributed by atoms with Gasteiger partial charge < -0.3 is 19.5 Å². The van der Waals surface area contributed by atoms with Crippen molar-refractivity contribution in [1.29, 1.82) is 0 Å². The van der Waals surface area contributed by atoms with E-state index in [1.807, 2.05) is 30.3 Å². The van der Waals surface area contributed by atoms with Crippen molar-refractivity contribution >= 4 is 80.4 Å². The van der Waals surface area contributed by atoms with Gasteiger partial charge in [0.2, 0.25) is 11.8 Å². The van der Waals surface area contributed by atoms with Gasteiger partial charge >= 0.3 is 0 Å². The van der Waals surface area contributed by atoms with Gasteiger partial charge in [0.25, 0.3) is 11.8 Å². The number of carbonyl (C=O) groups is 2. The predicted molar refractivity (Wildman–Crippen MR) is 219 cm³/mol. The van der Waals surface area contributed by atoms with E-state index in [-0.39, 0.29) is 17.6 Å². The molecular formula is C43H29Cl4FN4O4. The van der Waals surface area contributed by atoms with Gasteiger partial charge in [0.1, 0.15) is 16.9 Å². The minimum Gasteiger partial charge on any atom is -0.436 e. The topological polar surface area (TPSA) is 110 Å². The first-order chi connectivity index (χ1) is 27.1. The summed E-state index contributed by atoms with van der Waals surface area (Å²) in [6.07, 6.45) is 0.603. The third-order valence-corrected chi connectivity index (χ3v) is 9.82. The normalized spacial score (nSPS) is 10.9. The van der Waals surface area contributed by atoms with Crippen LogP contribution >= 0.6 is 46.4 Å². The lowest BCUT2D eigenvalue weighted by Gasteiger charge is -2.05. The quantitative estimate of drug-likeness (QED) is 0.150. The zero-order valence-electron chi connectivity index (χ0n) is 29.2. The fraction of sp³-hybridized carbons (Fsp3) is 0.0698. The molecule has 56 heavy (non-hydrogen) atoms. The monoisotopic (exact) mass is 824 g/mol. The molecule has 2 heterocycles. The first kappa shape index (κ1) is 38.6. The number of nitrogens with zero attached hydrogens (tertiary/aromatic N) is 2. The molecule has 0 radical (unpaired) electrons. The molecule has 8 aromatic rings. The van der Waals surface area contributed by atoms with Crippen LogP contribution in [-0.2, 0) is 13.0 Å². The van der Waals surface area contributed by atoms with Crippen LogP contribution in [0.1, 0.15) is 31.8 Å². The van der Waals surface area contributed by atoms with Crippen molar-refractivity contribution in [2.24, 2.45) is 0 Å². The van der Waals surface area contributed by atoms with E-state index in [0.717, 1.165) is 11.1 Å². The third kappa shape index (κ3) is 9.04. The minimum absolute atomic E-state index is 0.186. The van der Waals surface area contributed by atoms with Crippen LogP contribution in [0.25, 0.3) is 45.1 Å². The molecule has 0 aliphatic carbocycles. The van der Waals surface area contributed by atoms with Crippen molar-refractivity contribution in [3.63, 3.8) is 0 Å². The number of carbonyl (C=O) groups excluding carboxylic acids is 2. The first-order valence-corrected chi connectivity index (χ1v) is 18.7. The number of nitrogens with one attached hydrogen (secondary N) is 2. The van der Waals surface area contributed by atoms with Gasteiger partial charge in [-0.2, -0.15) is 0 Å². The van der Waals surface area contributed by atoms with Crippen molar-refractivity contribution in [2.45, 2.75) is 13.0 Å². The van der Waals surface area contributed by atoms with E-state index >= 15 is 0 Å². The Labute approximate surface area is 340 Å². The van der Waals surface area contributed by atoms with E-state index in [1.165, 1.54) is 12.1 Å². The highest BCUT2D eigenvalue weighted by atomic mass is 35.5. The number of aromatic nitrogens is 2. The largest absolute Gasteiger partial charge is 0.436 e. The molecular weight excluding hydrogens is 797 g/mol. The average Bonchev–Trinajstić information content (AvgIpc) is 3.82. The second-order valence-corrected chi connectivity index (χ2v) is 14.0. The Morgan fingerprint density at radius 3 is 1.54 bits per heavy atom. The maximum absolute atomic E-state index is 12.9. The fourth-order valence-corrected chi connectivity index (χ4v) is 6.82. The number of rotatable bonds is 9. The number of fused-ring (bicyclic) bond motifs is 2. The summed E-state index contributed by atoms with van der Waals surface area (Å²) in [7, 11) is 0. The molecule has 2 amide bonds. The molecule has 6 aromatic carbocycles. The molecule has 0 bridgehead atoms. The van der Waals surface area contributed by atoms with Gasteiger partial charge in [-0.25, -0.2) is 14.4 Å². The first-order valence-electron chi connectivity index (χ1n) is 17.2. The summed E-state index contributed by atoms with van der Waals surface area (Å²) >= 11 is 24.9. The molecule has 0 aliphatic heterocycles. The standard InChI is InChI=1S/C22H15Cl2FN2O2.C21H14Cl2N2O2/c23-16-2-1-3-17(24)20(16)22-27-18-9-6-14(12-19(18)29-22)21(28)26-11-10-13-4-7-15(25)8-5-13;22-15-7-4-8-16(23)19(15)21-25-17-10-9-14(11-18(17)27-21)20(26)24-12-13-5-2-1-3-6-13/h1-9,12H,10-11H2,(H,26,28);1-11H,12H2,(H,24,26). The molecule has 0 atom stereocenters. The zero-order chi connectivity index (χ0) is 39.2. The highest BCUT2D eigenvalue weighted by Crippen LogP contribution is 2.37. The molecule has 0 unspecified atom stereocenters. The molecule has 0 saturated carbocycles. The smallest absolute Gasteiger partial charge is 0.251 e. The second-order valence-electron chi connectivity index (χ2n) is 12.4. The summed E-state index contributed by atoms with van der Waals surface area (Å²) in [6.45, 7) is 0.883. The second kappa shape index (κ2) is 17.4. The summed E-state index contributed by atoms with van der Waals surface area (Å²) in [5.74, 6) is -0.0836. The molecule has 0 fully saturated rings. The maximum Gasteiger partial charge on any atom is 0.251 e. The van der Waals surface area contributed by atoms with Gasteiger partial charge in [0.05, 0.1) is 31.2 Å². The number of amides is 2. The Bertz CT molecular complexity index is 2640. The van der Waals surface area contributed by atoms with Crippen molar-refractivity contribution in [3.8, 4) is 22.9 Å². The van der Waals surface area contributed by atoms with Crippen LogP contribution in [0.2, 0.25) is 20.1 Å². The summed E-state index contributed by atoms with van der Waals surface area (Å²) in [5.41, 5.74) is 6.14. The molecule has 8 nitrogen and oxygen atoms in total. The summed E-state index contributed by atoms with van der Waals surface area (Å²) in [5, 5.41) is 7.51. The average molecular weight is 827 g/mol. The fourth-order valence-electron chi connectivity index (χ4n) is 5.70. The molecule has 8 rings (SSSR count). The molecule has 13 heteroatoms. The van der Waals surface area contributed by atoms with Gasteiger partial charge in [0, 0.05) is 24.2 Å². The predicted octanol–water partition coefficient (Wildman–Crippen LogP) is 11.6. The molecule has 0 spiro atoms. The van der Waals surface area contributed by atoms with Crippen molar-refractivity contribution in [3.05, 3.63) is 176 Å². The molecule has 2 N–H and O–H groups in total.